The molecule has 116 valence electrons. The van der Waals surface area contributed by atoms with Crippen LogP contribution in [-0.2, 0) is 4.74 Å². The van der Waals surface area contributed by atoms with E-state index in [2.05, 4.69) is 15.0 Å². The summed E-state index contributed by atoms with van der Waals surface area (Å²) in [7, 11) is 0. The van der Waals surface area contributed by atoms with Gasteiger partial charge in [0.1, 0.15) is 23.8 Å². The van der Waals surface area contributed by atoms with E-state index in [4.69, 9.17) is 27.2 Å². The lowest BCUT2D eigenvalue weighted by Gasteiger charge is -2.16. The van der Waals surface area contributed by atoms with Gasteiger partial charge in [-0.05, 0) is 11.6 Å². The van der Waals surface area contributed by atoms with Crippen LogP contribution in [0.4, 0.5) is 5.82 Å². The highest BCUT2D eigenvalue weighted by molar-refractivity contribution is 6.28. The number of ether oxygens (including phenoxy) is 1. The lowest BCUT2D eigenvalue weighted by molar-refractivity contribution is -0.0511. The van der Waals surface area contributed by atoms with Crippen LogP contribution in [0.5, 0.6) is 0 Å². The summed E-state index contributed by atoms with van der Waals surface area (Å²) >= 11 is 5.74. The monoisotopic (exact) mass is 319 g/mol. The second-order valence-electron chi connectivity index (χ2n) is 4.43. The smallest absolute Gasteiger partial charge is 0.226 e. The van der Waals surface area contributed by atoms with Gasteiger partial charge in [0.2, 0.25) is 5.28 Å². The summed E-state index contributed by atoms with van der Waals surface area (Å²) in [5.74, 6) is 0.102. The number of imidazole rings is 1. The van der Waals surface area contributed by atoms with E-state index in [1.807, 2.05) is 0 Å². The maximum absolute atomic E-state index is 9.99. The molecule has 1 saturated heterocycles. The number of anilines is 1. The average Bonchev–Trinajstić information content (AvgIpc) is 2.93. The Bertz CT molecular complexity index is 652. The van der Waals surface area contributed by atoms with Gasteiger partial charge in [-0.25, -0.2) is 4.98 Å². The molecule has 3 rings (SSSR count). The Morgan fingerprint density at radius 3 is 2.67 bits per heavy atom. The van der Waals surface area contributed by atoms with Crippen LogP contribution in [0.25, 0.3) is 11.2 Å². The molecule has 1 aliphatic rings. The third kappa shape index (κ3) is 2.41. The first kappa shape index (κ1) is 15.8. The van der Waals surface area contributed by atoms with Crippen molar-refractivity contribution >= 4 is 28.6 Å². The van der Waals surface area contributed by atoms with E-state index in [1.165, 1.54) is 10.9 Å². The van der Waals surface area contributed by atoms with E-state index in [0.717, 1.165) is 0 Å². The van der Waals surface area contributed by atoms with Crippen molar-refractivity contribution in [3.8, 4) is 0 Å². The molecule has 0 amide bonds. The SMILES string of the molecule is Nc1nc(Cl)nc2c1ncn2[C@H]1O[C@H](CO)[C@H](O)[C@@H]1O.O. The Balaban J connectivity index is 0.00000161. The number of rotatable bonds is 2. The van der Waals surface area contributed by atoms with Gasteiger partial charge in [-0.15, -0.1) is 0 Å². The zero-order valence-electron chi connectivity index (χ0n) is 10.6. The third-order valence-electron chi connectivity index (χ3n) is 3.21. The topological polar surface area (TPSA) is 171 Å². The number of aromatic nitrogens is 4. The van der Waals surface area contributed by atoms with Crippen LogP contribution in [0.2, 0.25) is 5.28 Å². The first-order valence-electron chi connectivity index (χ1n) is 5.81. The minimum Gasteiger partial charge on any atom is -0.412 e. The molecule has 21 heavy (non-hydrogen) atoms. The maximum atomic E-state index is 9.99. The Kier molecular flexibility index (Phi) is 4.27. The van der Waals surface area contributed by atoms with Crippen molar-refractivity contribution in [1.82, 2.24) is 19.5 Å². The molecule has 0 bridgehead atoms. The predicted molar refractivity (Wildman–Crippen MR) is 71.4 cm³/mol. The van der Waals surface area contributed by atoms with Gasteiger partial charge < -0.3 is 31.3 Å². The molecule has 1 fully saturated rings. The molecular formula is C10H14ClN5O5. The molecule has 0 unspecified atom stereocenters. The number of fused-ring (bicyclic) bond motifs is 1. The fraction of sp³-hybridized carbons (Fsp3) is 0.500. The van der Waals surface area contributed by atoms with Gasteiger partial charge in [-0.1, -0.05) is 0 Å². The molecule has 10 nitrogen and oxygen atoms in total. The number of hydrogen-bond donors (Lipinski definition) is 4. The number of aliphatic hydroxyl groups excluding tert-OH is 3. The normalized spacial score (nSPS) is 28.8. The number of hydrogen-bond acceptors (Lipinski definition) is 8. The molecule has 11 heteroatoms. The van der Waals surface area contributed by atoms with Crippen LogP contribution in [0.15, 0.2) is 6.33 Å². The third-order valence-corrected chi connectivity index (χ3v) is 3.38. The van der Waals surface area contributed by atoms with E-state index in [1.54, 1.807) is 0 Å². The molecular weight excluding hydrogens is 306 g/mol. The number of aliphatic hydroxyl groups is 3. The van der Waals surface area contributed by atoms with Crippen molar-refractivity contribution in [1.29, 1.82) is 0 Å². The average molecular weight is 320 g/mol. The predicted octanol–water partition coefficient (Wildman–Crippen LogP) is -2.15. The first-order valence-corrected chi connectivity index (χ1v) is 6.18. The highest BCUT2D eigenvalue weighted by Gasteiger charge is 2.44. The van der Waals surface area contributed by atoms with Crippen LogP contribution in [0.1, 0.15) is 6.23 Å². The fourth-order valence-corrected chi connectivity index (χ4v) is 2.38. The molecule has 0 saturated carbocycles. The Hall–Kier alpha value is -1.56. The lowest BCUT2D eigenvalue weighted by Crippen LogP contribution is -2.33. The molecule has 3 heterocycles. The Morgan fingerprint density at radius 2 is 2.05 bits per heavy atom. The summed E-state index contributed by atoms with van der Waals surface area (Å²) in [4.78, 5) is 11.8. The van der Waals surface area contributed by atoms with Gasteiger partial charge in [-0.3, -0.25) is 4.57 Å². The van der Waals surface area contributed by atoms with Crippen LogP contribution in [0, 0.1) is 0 Å². The van der Waals surface area contributed by atoms with E-state index < -0.39 is 31.1 Å². The van der Waals surface area contributed by atoms with Gasteiger partial charge in [0, 0.05) is 0 Å². The quantitative estimate of drug-likeness (QED) is 0.453. The van der Waals surface area contributed by atoms with Crippen molar-refractivity contribution in [2.75, 3.05) is 12.3 Å². The first-order chi connectivity index (χ1) is 9.52. The largest absolute Gasteiger partial charge is 0.412 e. The second-order valence-corrected chi connectivity index (χ2v) is 4.77. The van der Waals surface area contributed by atoms with Gasteiger partial charge in [0.05, 0.1) is 12.9 Å². The molecule has 0 radical (unpaired) electrons. The van der Waals surface area contributed by atoms with Gasteiger partial charge in [0.15, 0.2) is 17.7 Å². The number of nitrogens with zero attached hydrogens (tertiary/aromatic N) is 4. The van der Waals surface area contributed by atoms with E-state index in [0.29, 0.717) is 5.52 Å². The van der Waals surface area contributed by atoms with E-state index in [9.17, 15) is 10.2 Å². The van der Waals surface area contributed by atoms with Crippen molar-refractivity contribution in [3.05, 3.63) is 11.6 Å². The Morgan fingerprint density at radius 1 is 1.33 bits per heavy atom. The summed E-state index contributed by atoms with van der Waals surface area (Å²) in [6, 6.07) is 0. The molecule has 2 aromatic heterocycles. The van der Waals surface area contributed by atoms with E-state index in [-0.39, 0.29) is 22.2 Å². The standard InChI is InChI=1S/C10H12ClN5O4.H2O/c11-10-14-7(12)4-8(15-10)16(2-13-4)9-6(19)5(18)3(1-17)20-9;/h2-3,5-6,9,17-19H,1H2,(H2,12,14,15);1H2/t3-,5+,6+,9+;/m1./s1. The zero-order valence-corrected chi connectivity index (χ0v) is 11.3. The Labute approximate surface area is 123 Å². The van der Waals surface area contributed by atoms with Crippen LogP contribution in [-0.4, -0.2) is 65.2 Å². The highest BCUT2D eigenvalue weighted by Crippen LogP contribution is 2.32. The molecule has 0 aromatic carbocycles. The molecule has 0 aliphatic carbocycles. The van der Waals surface area contributed by atoms with Crippen molar-refractivity contribution in [3.63, 3.8) is 0 Å². The van der Waals surface area contributed by atoms with Gasteiger partial charge >= 0.3 is 0 Å². The zero-order chi connectivity index (χ0) is 14.4. The summed E-state index contributed by atoms with van der Waals surface area (Å²) in [6.45, 7) is -0.417. The van der Waals surface area contributed by atoms with Crippen LogP contribution >= 0.6 is 11.6 Å². The van der Waals surface area contributed by atoms with Crippen LogP contribution in [0.3, 0.4) is 0 Å². The molecule has 0 spiro atoms. The van der Waals surface area contributed by atoms with Gasteiger partial charge in [0.25, 0.3) is 0 Å². The second kappa shape index (κ2) is 5.67. The number of nitrogen functional groups attached to an aromatic ring is 1. The number of halogens is 1. The van der Waals surface area contributed by atoms with Crippen molar-refractivity contribution in [2.24, 2.45) is 0 Å². The summed E-state index contributed by atoms with van der Waals surface area (Å²) in [5.41, 5.74) is 6.27. The van der Waals surface area contributed by atoms with Gasteiger partial charge in [-0.2, -0.15) is 9.97 Å². The lowest BCUT2D eigenvalue weighted by atomic mass is 10.1. The summed E-state index contributed by atoms with van der Waals surface area (Å²) in [6.07, 6.45) is -2.93. The molecule has 4 atom stereocenters. The minimum atomic E-state index is -1.24. The highest BCUT2D eigenvalue weighted by atomic mass is 35.5. The summed E-state index contributed by atoms with van der Waals surface area (Å²) < 4.78 is 6.79. The minimum absolute atomic E-state index is 0. The number of nitrogens with two attached hydrogens (primary N) is 1. The molecule has 1 aliphatic heterocycles. The summed E-state index contributed by atoms with van der Waals surface area (Å²) in [5, 5.41) is 28.8. The van der Waals surface area contributed by atoms with Crippen molar-refractivity contribution < 1.29 is 25.5 Å². The van der Waals surface area contributed by atoms with E-state index >= 15 is 0 Å². The van der Waals surface area contributed by atoms with Crippen LogP contribution < -0.4 is 5.73 Å². The fourth-order valence-electron chi connectivity index (χ4n) is 2.21. The van der Waals surface area contributed by atoms with Crippen molar-refractivity contribution in [2.45, 2.75) is 24.5 Å². The molecule has 2 aromatic rings. The maximum Gasteiger partial charge on any atom is 0.226 e. The molecule has 7 N–H and O–H groups in total.